The Morgan fingerprint density at radius 1 is 1.14 bits per heavy atom. The zero-order chi connectivity index (χ0) is 14.8. The summed E-state index contributed by atoms with van der Waals surface area (Å²) >= 11 is 3.56. The van der Waals surface area contributed by atoms with Crippen molar-refractivity contribution in [2.75, 3.05) is 7.05 Å². The van der Waals surface area contributed by atoms with Crippen LogP contribution in [0.5, 0.6) is 0 Å². The Balaban J connectivity index is 1.98. The molecule has 0 bridgehead atoms. The first kappa shape index (κ1) is 14.0. The Morgan fingerprint density at radius 2 is 1.90 bits per heavy atom. The molecule has 21 heavy (non-hydrogen) atoms. The molecule has 0 saturated heterocycles. The fraction of sp³-hybridized carbons (Fsp3) is 0.200. The molecule has 2 aromatic heterocycles. The molecule has 0 saturated carbocycles. The van der Waals surface area contributed by atoms with E-state index in [1.165, 1.54) is 0 Å². The molecule has 2 heterocycles. The van der Waals surface area contributed by atoms with Crippen LogP contribution in [0.1, 0.15) is 17.3 Å². The molecule has 0 radical (unpaired) electrons. The maximum Gasteiger partial charge on any atom is 0.0788 e. The third-order valence-corrected chi connectivity index (χ3v) is 4.07. The molecule has 0 fully saturated rings. The zero-order valence-electron chi connectivity index (χ0n) is 11.9. The van der Waals surface area contributed by atoms with E-state index in [2.05, 4.69) is 31.4 Å². The Morgan fingerprint density at radius 3 is 2.52 bits per heavy atom. The average Bonchev–Trinajstić information content (AvgIpc) is 3.11. The van der Waals surface area contributed by atoms with E-state index in [1.807, 2.05) is 66.2 Å². The van der Waals surface area contributed by atoms with Crippen LogP contribution in [0.2, 0.25) is 0 Å². The molecular formula is C15H16BrN5. The van der Waals surface area contributed by atoms with Gasteiger partial charge in [0.1, 0.15) is 0 Å². The van der Waals surface area contributed by atoms with Crippen molar-refractivity contribution in [3.63, 3.8) is 0 Å². The number of halogens is 1. The van der Waals surface area contributed by atoms with Crippen molar-refractivity contribution >= 4 is 15.9 Å². The topological polar surface area (TPSA) is 47.7 Å². The number of hydrogen-bond donors (Lipinski definition) is 1. The fourth-order valence-corrected chi connectivity index (χ4v) is 2.99. The summed E-state index contributed by atoms with van der Waals surface area (Å²) in [4.78, 5) is 0. The second kappa shape index (κ2) is 5.83. The maximum atomic E-state index is 4.46. The summed E-state index contributed by atoms with van der Waals surface area (Å²) in [6, 6.07) is 10.1. The van der Waals surface area contributed by atoms with Crippen molar-refractivity contribution in [1.82, 2.24) is 24.9 Å². The molecule has 1 aromatic carbocycles. The van der Waals surface area contributed by atoms with E-state index >= 15 is 0 Å². The summed E-state index contributed by atoms with van der Waals surface area (Å²) in [7, 11) is 3.87. The third kappa shape index (κ3) is 2.64. The summed E-state index contributed by atoms with van der Waals surface area (Å²) in [5, 5.41) is 12.1. The van der Waals surface area contributed by atoms with Crippen LogP contribution in [-0.4, -0.2) is 26.6 Å². The van der Waals surface area contributed by atoms with E-state index in [0.29, 0.717) is 0 Å². The lowest BCUT2D eigenvalue weighted by atomic mass is 10.1. The Hall–Kier alpha value is -1.92. The SMILES string of the molecule is CNC(c1cnn(-c2ccccc2)c1)c1c(Br)cnn1C. The minimum atomic E-state index is 0.0318. The molecule has 1 atom stereocenters. The molecule has 0 aliphatic carbocycles. The largest absolute Gasteiger partial charge is 0.308 e. The van der Waals surface area contributed by atoms with Crippen molar-refractivity contribution in [2.45, 2.75) is 6.04 Å². The molecule has 1 unspecified atom stereocenters. The number of aryl methyl sites for hydroxylation is 1. The summed E-state index contributed by atoms with van der Waals surface area (Å²) < 4.78 is 4.73. The molecule has 0 aliphatic heterocycles. The van der Waals surface area contributed by atoms with E-state index in [4.69, 9.17) is 0 Å². The Bertz CT molecular complexity index is 712. The first-order valence-electron chi connectivity index (χ1n) is 6.65. The smallest absolute Gasteiger partial charge is 0.0788 e. The highest BCUT2D eigenvalue weighted by atomic mass is 79.9. The Kier molecular flexibility index (Phi) is 3.90. The van der Waals surface area contributed by atoms with Crippen molar-refractivity contribution in [2.24, 2.45) is 7.05 Å². The van der Waals surface area contributed by atoms with E-state index in [1.54, 1.807) is 6.20 Å². The second-order valence-corrected chi connectivity index (χ2v) is 5.63. The van der Waals surface area contributed by atoms with Gasteiger partial charge in [-0.1, -0.05) is 18.2 Å². The molecule has 6 heteroatoms. The van der Waals surface area contributed by atoms with Gasteiger partial charge in [-0.3, -0.25) is 4.68 Å². The molecule has 3 aromatic rings. The fourth-order valence-electron chi connectivity index (χ4n) is 2.41. The summed E-state index contributed by atoms with van der Waals surface area (Å²) in [5.74, 6) is 0. The van der Waals surface area contributed by atoms with E-state index < -0.39 is 0 Å². The molecule has 0 spiro atoms. The van der Waals surface area contributed by atoms with Gasteiger partial charge in [-0.15, -0.1) is 0 Å². The van der Waals surface area contributed by atoms with Gasteiger partial charge in [-0.25, -0.2) is 4.68 Å². The van der Waals surface area contributed by atoms with Gasteiger partial charge in [0.2, 0.25) is 0 Å². The zero-order valence-corrected chi connectivity index (χ0v) is 13.4. The van der Waals surface area contributed by atoms with Crippen LogP contribution in [0.15, 0.2) is 53.4 Å². The van der Waals surface area contributed by atoms with Gasteiger partial charge in [0.15, 0.2) is 0 Å². The number of aromatic nitrogens is 4. The number of hydrogen-bond acceptors (Lipinski definition) is 3. The first-order chi connectivity index (χ1) is 10.2. The molecule has 0 amide bonds. The maximum absolute atomic E-state index is 4.46. The molecular weight excluding hydrogens is 330 g/mol. The normalized spacial score (nSPS) is 12.5. The minimum absolute atomic E-state index is 0.0318. The highest BCUT2D eigenvalue weighted by Gasteiger charge is 2.20. The number of rotatable bonds is 4. The van der Waals surface area contributed by atoms with Gasteiger partial charge < -0.3 is 5.32 Å². The van der Waals surface area contributed by atoms with Crippen molar-refractivity contribution in [3.05, 3.63) is 64.7 Å². The molecule has 3 rings (SSSR count). The van der Waals surface area contributed by atoms with Gasteiger partial charge in [-0.05, 0) is 35.1 Å². The van der Waals surface area contributed by atoms with Crippen molar-refractivity contribution < 1.29 is 0 Å². The van der Waals surface area contributed by atoms with E-state index in [-0.39, 0.29) is 6.04 Å². The highest BCUT2D eigenvalue weighted by molar-refractivity contribution is 9.10. The summed E-state index contributed by atoms with van der Waals surface area (Å²) in [5.41, 5.74) is 3.21. The Labute approximate surface area is 131 Å². The second-order valence-electron chi connectivity index (χ2n) is 4.78. The lowest BCUT2D eigenvalue weighted by Crippen LogP contribution is -2.20. The van der Waals surface area contributed by atoms with Gasteiger partial charge >= 0.3 is 0 Å². The van der Waals surface area contributed by atoms with E-state index in [0.717, 1.165) is 21.4 Å². The van der Waals surface area contributed by atoms with Gasteiger partial charge in [0.05, 0.1) is 34.3 Å². The van der Waals surface area contributed by atoms with Crippen LogP contribution >= 0.6 is 15.9 Å². The molecule has 0 aliphatic rings. The summed E-state index contributed by atoms with van der Waals surface area (Å²) in [6.45, 7) is 0. The van der Waals surface area contributed by atoms with Crippen LogP contribution in [0.3, 0.4) is 0 Å². The van der Waals surface area contributed by atoms with Gasteiger partial charge in [0, 0.05) is 18.8 Å². The average molecular weight is 346 g/mol. The molecule has 5 nitrogen and oxygen atoms in total. The summed E-state index contributed by atoms with van der Waals surface area (Å²) in [6.07, 6.45) is 5.73. The predicted molar refractivity (Wildman–Crippen MR) is 85.4 cm³/mol. The number of para-hydroxylation sites is 1. The third-order valence-electron chi connectivity index (χ3n) is 3.46. The molecule has 1 N–H and O–H groups in total. The van der Waals surface area contributed by atoms with Crippen LogP contribution in [0.4, 0.5) is 0 Å². The van der Waals surface area contributed by atoms with Crippen LogP contribution < -0.4 is 5.32 Å². The monoisotopic (exact) mass is 345 g/mol. The molecule has 108 valence electrons. The van der Waals surface area contributed by atoms with Crippen molar-refractivity contribution in [1.29, 1.82) is 0 Å². The number of nitrogens with zero attached hydrogens (tertiary/aromatic N) is 4. The lowest BCUT2D eigenvalue weighted by Gasteiger charge is -2.15. The first-order valence-corrected chi connectivity index (χ1v) is 7.44. The number of nitrogens with one attached hydrogen (secondary N) is 1. The van der Waals surface area contributed by atoms with Crippen LogP contribution in [0.25, 0.3) is 5.69 Å². The number of benzene rings is 1. The van der Waals surface area contributed by atoms with Crippen LogP contribution in [-0.2, 0) is 7.05 Å². The highest BCUT2D eigenvalue weighted by Crippen LogP contribution is 2.28. The lowest BCUT2D eigenvalue weighted by molar-refractivity contribution is 0.604. The standard InChI is InChI=1S/C15H16BrN5/c1-17-14(15-13(16)9-18-20(15)2)11-8-19-21(10-11)12-6-4-3-5-7-12/h3-10,14,17H,1-2H3. The quantitative estimate of drug-likeness (QED) is 0.790. The van der Waals surface area contributed by atoms with E-state index in [9.17, 15) is 0 Å². The minimum Gasteiger partial charge on any atom is -0.308 e. The van der Waals surface area contributed by atoms with Crippen molar-refractivity contribution in [3.8, 4) is 5.69 Å². The van der Waals surface area contributed by atoms with Crippen LogP contribution in [0, 0.1) is 0 Å². The van der Waals surface area contributed by atoms with Gasteiger partial charge in [0.25, 0.3) is 0 Å². The predicted octanol–water partition coefficient (Wildman–Crippen LogP) is 2.68. The van der Waals surface area contributed by atoms with Gasteiger partial charge in [-0.2, -0.15) is 10.2 Å².